The van der Waals surface area contributed by atoms with Gasteiger partial charge in [0.1, 0.15) is 11.9 Å². The van der Waals surface area contributed by atoms with E-state index in [9.17, 15) is 14.9 Å². The molecule has 0 fully saturated rings. The van der Waals surface area contributed by atoms with E-state index in [1.807, 2.05) is 24.3 Å². The second kappa shape index (κ2) is 7.68. The van der Waals surface area contributed by atoms with E-state index in [1.54, 1.807) is 24.9 Å². The molecule has 27 heavy (non-hydrogen) atoms. The molecule has 0 radical (unpaired) electrons. The third kappa shape index (κ3) is 3.94. The Morgan fingerprint density at radius 3 is 2.85 bits per heavy atom. The zero-order chi connectivity index (χ0) is 19.4. The van der Waals surface area contributed by atoms with Gasteiger partial charge in [-0.25, -0.2) is 0 Å². The summed E-state index contributed by atoms with van der Waals surface area (Å²) in [5.41, 5.74) is 0.984. The Labute approximate surface area is 154 Å². The number of rotatable bonds is 7. The van der Waals surface area contributed by atoms with E-state index in [-0.39, 0.29) is 11.4 Å². The van der Waals surface area contributed by atoms with Gasteiger partial charge in [0, 0.05) is 12.7 Å². The first-order chi connectivity index (χ1) is 13.0. The summed E-state index contributed by atoms with van der Waals surface area (Å²) in [4.78, 5) is 23.0. The number of methoxy groups -OCH3 is 1. The second-order valence-electron chi connectivity index (χ2n) is 5.68. The molecule has 140 valence electrons. The zero-order valence-electron chi connectivity index (χ0n) is 14.8. The fourth-order valence-electron chi connectivity index (χ4n) is 2.65. The van der Waals surface area contributed by atoms with Gasteiger partial charge in [-0.05, 0) is 24.6 Å². The number of nitrogens with one attached hydrogen (secondary N) is 1. The molecule has 0 saturated heterocycles. The molecule has 3 rings (SSSR count). The summed E-state index contributed by atoms with van der Waals surface area (Å²) >= 11 is 0. The molecule has 0 aliphatic rings. The van der Waals surface area contributed by atoms with E-state index in [1.165, 1.54) is 10.9 Å². The Morgan fingerprint density at radius 1 is 1.33 bits per heavy atom. The Hall–Kier alpha value is -3.69. The lowest BCUT2D eigenvalue weighted by atomic mass is 10.2. The minimum absolute atomic E-state index is 0.0944. The van der Waals surface area contributed by atoms with Crippen LogP contribution < -0.4 is 10.1 Å². The topological polar surface area (TPSA) is 117 Å². The van der Waals surface area contributed by atoms with Crippen molar-refractivity contribution in [1.29, 1.82) is 0 Å². The van der Waals surface area contributed by atoms with Crippen LogP contribution >= 0.6 is 0 Å². The Kier molecular flexibility index (Phi) is 5.15. The van der Waals surface area contributed by atoms with E-state index < -0.39 is 10.8 Å². The number of nitro groups is 1. The van der Waals surface area contributed by atoms with Gasteiger partial charge < -0.3 is 10.1 Å². The summed E-state index contributed by atoms with van der Waals surface area (Å²) in [5, 5.41) is 21.8. The van der Waals surface area contributed by atoms with Crippen LogP contribution in [0.5, 0.6) is 5.75 Å². The summed E-state index contributed by atoms with van der Waals surface area (Å²) in [5.74, 6) is 0.135. The number of aryl methyl sites for hydroxylation is 1. The fourth-order valence-corrected chi connectivity index (χ4v) is 2.65. The van der Waals surface area contributed by atoms with Crippen LogP contribution in [-0.2, 0) is 13.1 Å². The Bertz CT molecular complexity index is 977. The molecule has 1 aromatic carbocycles. The molecular formula is C17H18N6O4. The molecule has 2 aromatic heterocycles. The van der Waals surface area contributed by atoms with Gasteiger partial charge in [-0.2, -0.15) is 10.2 Å². The average Bonchev–Trinajstić information content (AvgIpc) is 3.28. The van der Waals surface area contributed by atoms with Crippen LogP contribution in [0.2, 0.25) is 0 Å². The number of ether oxygens (including phenoxy) is 1. The maximum atomic E-state index is 12.5. The van der Waals surface area contributed by atoms with Crippen molar-refractivity contribution in [3.8, 4) is 5.75 Å². The number of carbonyl (C=O) groups is 1. The van der Waals surface area contributed by atoms with Crippen LogP contribution in [0.3, 0.4) is 0 Å². The number of amides is 1. The van der Waals surface area contributed by atoms with Gasteiger partial charge in [0.25, 0.3) is 5.91 Å². The number of hydrogen-bond donors (Lipinski definition) is 1. The van der Waals surface area contributed by atoms with Crippen molar-refractivity contribution in [1.82, 2.24) is 19.6 Å². The summed E-state index contributed by atoms with van der Waals surface area (Å²) in [6, 6.07) is 7.56. The van der Waals surface area contributed by atoms with Gasteiger partial charge in [0.15, 0.2) is 0 Å². The molecule has 0 atom stereocenters. The van der Waals surface area contributed by atoms with E-state index in [4.69, 9.17) is 4.74 Å². The highest BCUT2D eigenvalue weighted by molar-refractivity contribution is 6.05. The quantitative estimate of drug-likeness (QED) is 0.504. The van der Waals surface area contributed by atoms with Crippen molar-refractivity contribution in [3.63, 3.8) is 0 Å². The SMILES string of the molecule is CCn1ncc([N+](=O)[O-])c1C(=O)Nc1cnn(Cc2cccc(OC)c2)c1. The maximum Gasteiger partial charge on any atom is 0.320 e. The molecule has 10 nitrogen and oxygen atoms in total. The van der Waals surface area contributed by atoms with Crippen molar-refractivity contribution in [2.45, 2.75) is 20.0 Å². The number of benzene rings is 1. The lowest BCUT2D eigenvalue weighted by molar-refractivity contribution is -0.385. The van der Waals surface area contributed by atoms with Crippen LogP contribution in [0.15, 0.2) is 42.9 Å². The maximum absolute atomic E-state index is 12.5. The van der Waals surface area contributed by atoms with Gasteiger partial charge in [-0.1, -0.05) is 12.1 Å². The third-order valence-corrected chi connectivity index (χ3v) is 3.90. The lowest BCUT2D eigenvalue weighted by Gasteiger charge is -2.05. The predicted octanol–water partition coefficient (Wildman–Crippen LogP) is 2.32. The van der Waals surface area contributed by atoms with Gasteiger partial charge in [-0.3, -0.25) is 24.3 Å². The lowest BCUT2D eigenvalue weighted by Crippen LogP contribution is -2.18. The minimum Gasteiger partial charge on any atom is -0.497 e. The van der Waals surface area contributed by atoms with Crippen molar-refractivity contribution in [3.05, 3.63) is 64.2 Å². The van der Waals surface area contributed by atoms with E-state index in [2.05, 4.69) is 15.5 Å². The number of hydrogen-bond acceptors (Lipinski definition) is 6. The van der Waals surface area contributed by atoms with Crippen LogP contribution in [-0.4, -0.2) is 37.5 Å². The number of carbonyl (C=O) groups excluding carboxylic acids is 1. The molecule has 0 unspecified atom stereocenters. The van der Waals surface area contributed by atoms with E-state index in [0.717, 1.165) is 17.5 Å². The molecular weight excluding hydrogens is 352 g/mol. The van der Waals surface area contributed by atoms with Crippen LogP contribution in [0.25, 0.3) is 0 Å². The summed E-state index contributed by atoms with van der Waals surface area (Å²) in [7, 11) is 1.60. The van der Waals surface area contributed by atoms with Gasteiger partial charge in [0.2, 0.25) is 5.69 Å². The molecule has 1 amide bonds. The Morgan fingerprint density at radius 2 is 2.15 bits per heavy atom. The predicted molar refractivity (Wildman–Crippen MR) is 96.8 cm³/mol. The smallest absolute Gasteiger partial charge is 0.320 e. The van der Waals surface area contributed by atoms with Crippen molar-refractivity contribution in [2.24, 2.45) is 0 Å². The van der Waals surface area contributed by atoms with Crippen LogP contribution in [0.4, 0.5) is 11.4 Å². The number of anilines is 1. The molecule has 3 aromatic rings. The molecule has 1 N–H and O–H groups in total. The minimum atomic E-state index is -0.625. The average molecular weight is 370 g/mol. The van der Waals surface area contributed by atoms with Crippen LogP contribution in [0, 0.1) is 10.1 Å². The standard InChI is InChI=1S/C17H18N6O4/c1-3-22-16(15(9-19-22)23(25)26)17(24)20-13-8-18-21(11-13)10-12-5-4-6-14(7-12)27-2/h4-9,11H,3,10H2,1-2H3,(H,20,24). The summed E-state index contributed by atoms with van der Waals surface area (Å²) in [6.45, 7) is 2.57. The number of aromatic nitrogens is 4. The van der Waals surface area contributed by atoms with Gasteiger partial charge in [-0.15, -0.1) is 0 Å². The zero-order valence-corrected chi connectivity index (χ0v) is 14.8. The molecule has 10 heteroatoms. The highest BCUT2D eigenvalue weighted by Gasteiger charge is 2.26. The third-order valence-electron chi connectivity index (χ3n) is 3.90. The highest BCUT2D eigenvalue weighted by Crippen LogP contribution is 2.20. The summed E-state index contributed by atoms with van der Waals surface area (Å²) < 4.78 is 8.13. The first-order valence-electron chi connectivity index (χ1n) is 8.18. The molecule has 0 bridgehead atoms. The van der Waals surface area contributed by atoms with E-state index in [0.29, 0.717) is 18.8 Å². The normalized spacial score (nSPS) is 10.6. The molecule has 0 saturated carbocycles. The Balaban J connectivity index is 1.75. The van der Waals surface area contributed by atoms with Crippen molar-refractivity contribution < 1.29 is 14.5 Å². The van der Waals surface area contributed by atoms with Crippen molar-refractivity contribution in [2.75, 3.05) is 12.4 Å². The monoisotopic (exact) mass is 370 g/mol. The highest BCUT2D eigenvalue weighted by atomic mass is 16.6. The van der Waals surface area contributed by atoms with Gasteiger partial charge in [0.05, 0.1) is 30.5 Å². The largest absolute Gasteiger partial charge is 0.497 e. The van der Waals surface area contributed by atoms with Gasteiger partial charge >= 0.3 is 5.69 Å². The van der Waals surface area contributed by atoms with E-state index >= 15 is 0 Å². The fraction of sp³-hybridized carbons (Fsp3) is 0.235. The second-order valence-corrected chi connectivity index (χ2v) is 5.68. The van der Waals surface area contributed by atoms with Crippen LogP contribution in [0.1, 0.15) is 23.0 Å². The molecule has 0 aliphatic heterocycles. The van der Waals surface area contributed by atoms with Crippen molar-refractivity contribution >= 4 is 17.3 Å². The summed E-state index contributed by atoms with van der Waals surface area (Å²) in [6.07, 6.45) is 4.21. The first kappa shape index (κ1) is 18.1. The molecule has 2 heterocycles. The molecule has 0 spiro atoms. The first-order valence-corrected chi connectivity index (χ1v) is 8.18. The number of nitrogens with zero attached hydrogens (tertiary/aromatic N) is 5. The molecule has 0 aliphatic carbocycles.